The largest absolute Gasteiger partial charge is 0.493 e. The van der Waals surface area contributed by atoms with Gasteiger partial charge < -0.3 is 14.5 Å². The third-order valence-electron chi connectivity index (χ3n) is 3.90. The van der Waals surface area contributed by atoms with Crippen molar-refractivity contribution in [3.8, 4) is 17.6 Å². The van der Waals surface area contributed by atoms with Crippen molar-refractivity contribution < 1.29 is 9.47 Å². The second-order valence-electron chi connectivity index (χ2n) is 5.73. The zero-order chi connectivity index (χ0) is 18.7. The van der Waals surface area contributed by atoms with Gasteiger partial charge in [-0.3, -0.25) is 0 Å². The average molecular weight is 412 g/mol. The lowest BCUT2D eigenvalue weighted by molar-refractivity contribution is 0.310. The molecule has 0 aliphatic rings. The number of nitriles is 1. The number of allylic oxidation sites excluding steroid dienone is 1. The summed E-state index contributed by atoms with van der Waals surface area (Å²) in [6, 6.07) is 11.8. The Labute approximate surface area is 160 Å². The van der Waals surface area contributed by atoms with Crippen LogP contribution in [-0.2, 0) is 0 Å². The normalized spacial score (nSPS) is 11.4. The van der Waals surface area contributed by atoms with E-state index in [-0.39, 0.29) is 0 Å². The van der Waals surface area contributed by atoms with Crippen LogP contribution in [0.4, 0.5) is 0 Å². The Morgan fingerprint density at radius 2 is 2.12 bits per heavy atom. The Balaban J connectivity index is 2.08. The number of H-pyrrole nitrogens is 1. The van der Waals surface area contributed by atoms with Gasteiger partial charge in [-0.1, -0.05) is 22.0 Å². The summed E-state index contributed by atoms with van der Waals surface area (Å²) in [7, 11) is 1.59. The van der Waals surface area contributed by atoms with Gasteiger partial charge in [-0.05, 0) is 55.3 Å². The molecule has 26 heavy (non-hydrogen) atoms. The molecular weight excluding hydrogens is 394 g/mol. The number of fused-ring (bicyclic) bond motifs is 1. The zero-order valence-corrected chi connectivity index (χ0v) is 16.3. The quantitative estimate of drug-likeness (QED) is 0.592. The SMILES string of the molecule is CCOc1cc(C=C(C#N)c2nc3ccc(C)cc3[nH]2)c(Br)cc1OC. The molecule has 2 aromatic carbocycles. The number of hydrogen-bond donors (Lipinski definition) is 1. The van der Waals surface area contributed by atoms with Crippen LogP contribution in [-0.4, -0.2) is 23.7 Å². The van der Waals surface area contributed by atoms with E-state index < -0.39 is 0 Å². The molecule has 1 N–H and O–H groups in total. The molecule has 0 fully saturated rings. The molecule has 1 aromatic heterocycles. The molecule has 0 amide bonds. The van der Waals surface area contributed by atoms with E-state index in [0.717, 1.165) is 26.6 Å². The number of nitrogens with zero attached hydrogens (tertiary/aromatic N) is 2. The van der Waals surface area contributed by atoms with Crippen LogP contribution >= 0.6 is 15.9 Å². The highest BCUT2D eigenvalue weighted by molar-refractivity contribution is 9.10. The smallest absolute Gasteiger partial charge is 0.161 e. The van der Waals surface area contributed by atoms with Gasteiger partial charge in [0.15, 0.2) is 11.5 Å². The van der Waals surface area contributed by atoms with Gasteiger partial charge in [0.1, 0.15) is 11.9 Å². The maximum Gasteiger partial charge on any atom is 0.161 e. The minimum Gasteiger partial charge on any atom is -0.493 e. The van der Waals surface area contributed by atoms with Gasteiger partial charge in [0.2, 0.25) is 0 Å². The predicted octanol–water partition coefficient (Wildman–Crippen LogP) is 5.11. The summed E-state index contributed by atoms with van der Waals surface area (Å²) in [6.45, 7) is 4.45. The highest BCUT2D eigenvalue weighted by Gasteiger charge is 2.12. The van der Waals surface area contributed by atoms with Crippen molar-refractivity contribution in [3.63, 3.8) is 0 Å². The van der Waals surface area contributed by atoms with Crippen molar-refractivity contribution in [2.24, 2.45) is 0 Å². The first kappa shape index (κ1) is 18.0. The first-order chi connectivity index (χ1) is 12.5. The number of aromatic nitrogens is 2. The van der Waals surface area contributed by atoms with Gasteiger partial charge in [-0.2, -0.15) is 5.26 Å². The molecule has 6 heteroatoms. The predicted molar refractivity (Wildman–Crippen MR) is 106 cm³/mol. The van der Waals surface area contributed by atoms with E-state index in [1.54, 1.807) is 13.2 Å². The molecule has 0 saturated heterocycles. The van der Waals surface area contributed by atoms with Gasteiger partial charge in [0, 0.05) is 4.47 Å². The van der Waals surface area contributed by atoms with Crippen LogP contribution in [0.3, 0.4) is 0 Å². The number of halogens is 1. The van der Waals surface area contributed by atoms with Crippen LogP contribution < -0.4 is 9.47 Å². The van der Waals surface area contributed by atoms with Crippen LogP contribution in [0, 0.1) is 18.3 Å². The number of methoxy groups -OCH3 is 1. The highest BCUT2D eigenvalue weighted by Crippen LogP contribution is 2.35. The van der Waals surface area contributed by atoms with Crippen molar-refractivity contribution in [1.29, 1.82) is 5.26 Å². The van der Waals surface area contributed by atoms with Crippen LogP contribution in [0.5, 0.6) is 11.5 Å². The van der Waals surface area contributed by atoms with E-state index in [1.165, 1.54) is 0 Å². The highest BCUT2D eigenvalue weighted by atomic mass is 79.9. The Morgan fingerprint density at radius 3 is 2.81 bits per heavy atom. The first-order valence-corrected chi connectivity index (χ1v) is 8.94. The third-order valence-corrected chi connectivity index (χ3v) is 4.58. The molecule has 132 valence electrons. The minimum atomic E-state index is 0.437. The van der Waals surface area contributed by atoms with Crippen LogP contribution in [0.2, 0.25) is 0 Å². The fourth-order valence-electron chi connectivity index (χ4n) is 2.65. The molecule has 0 aliphatic heterocycles. The number of hydrogen-bond acceptors (Lipinski definition) is 4. The van der Waals surface area contributed by atoms with Gasteiger partial charge >= 0.3 is 0 Å². The summed E-state index contributed by atoms with van der Waals surface area (Å²) in [5.41, 5.74) is 4.12. The zero-order valence-electron chi connectivity index (χ0n) is 14.8. The van der Waals surface area contributed by atoms with E-state index >= 15 is 0 Å². The number of aryl methyl sites for hydroxylation is 1. The number of ether oxygens (including phenoxy) is 2. The summed E-state index contributed by atoms with van der Waals surface area (Å²) in [4.78, 5) is 7.74. The summed E-state index contributed by atoms with van der Waals surface area (Å²) < 4.78 is 11.8. The molecule has 0 spiro atoms. The monoisotopic (exact) mass is 411 g/mol. The van der Waals surface area contributed by atoms with Crippen molar-refractivity contribution in [1.82, 2.24) is 9.97 Å². The standard InChI is InChI=1S/C20H18BrN3O2/c1-4-26-19-9-13(15(21)10-18(19)25-3)8-14(11-22)20-23-16-6-5-12(2)7-17(16)24-20/h5-10H,4H2,1-3H3,(H,23,24). The Bertz CT molecular complexity index is 1030. The second-order valence-corrected chi connectivity index (χ2v) is 6.59. The molecule has 0 radical (unpaired) electrons. The van der Waals surface area contributed by atoms with E-state index in [2.05, 4.69) is 32.0 Å². The molecule has 1 heterocycles. The molecule has 3 rings (SSSR count). The lowest BCUT2D eigenvalue weighted by Gasteiger charge is -2.11. The third kappa shape index (κ3) is 3.58. The van der Waals surface area contributed by atoms with Gasteiger partial charge in [-0.15, -0.1) is 0 Å². The van der Waals surface area contributed by atoms with Crippen molar-refractivity contribution in [2.45, 2.75) is 13.8 Å². The lowest BCUT2D eigenvalue weighted by atomic mass is 10.1. The lowest BCUT2D eigenvalue weighted by Crippen LogP contribution is -1.96. The maximum absolute atomic E-state index is 9.64. The molecule has 0 atom stereocenters. The molecular formula is C20H18BrN3O2. The summed E-state index contributed by atoms with van der Waals surface area (Å²) in [5.74, 6) is 1.80. The summed E-state index contributed by atoms with van der Waals surface area (Å²) in [5, 5.41) is 9.64. The van der Waals surface area contributed by atoms with Gasteiger partial charge in [0.25, 0.3) is 0 Å². The van der Waals surface area contributed by atoms with E-state index in [4.69, 9.17) is 9.47 Å². The van der Waals surface area contributed by atoms with Crippen LogP contribution in [0.25, 0.3) is 22.7 Å². The minimum absolute atomic E-state index is 0.437. The molecule has 0 bridgehead atoms. The van der Waals surface area contributed by atoms with Crippen molar-refractivity contribution >= 4 is 38.6 Å². The molecule has 5 nitrogen and oxygen atoms in total. The second kappa shape index (κ2) is 7.63. The number of aromatic amines is 1. The van der Waals surface area contributed by atoms with E-state index in [1.807, 2.05) is 44.2 Å². The fraction of sp³-hybridized carbons (Fsp3) is 0.200. The fourth-order valence-corrected chi connectivity index (χ4v) is 3.09. The topological polar surface area (TPSA) is 70.9 Å². The molecule has 0 saturated carbocycles. The molecule has 0 aliphatic carbocycles. The number of benzene rings is 2. The summed E-state index contributed by atoms with van der Waals surface area (Å²) >= 11 is 3.53. The van der Waals surface area contributed by atoms with Crippen LogP contribution in [0.15, 0.2) is 34.8 Å². The van der Waals surface area contributed by atoms with Crippen molar-refractivity contribution in [3.05, 3.63) is 51.8 Å². The first-order valence-electron chi connectivity index (χ1n) is 8.14. The number of imidazole rings is 1. The molecule has 0 unspecified atom stereocenters. The Hall–Kier alpha value is -2.78. The average Bonchev–Trinajstić information content (AvgIpc) is 3.04. The summed E-state index contributed by atoms with van der Waals surface area (Å²) in [6.07, 6.45) is 1.77. The Morgan fingerprint density at radius 1 is 1.31 bits per heavy atom. The van der Waals surface area contributed by atoms with Crippen LogP contribution in [0.1, 0.15) is 23.9 Å². The van der Waals surface area contributed by atoms with Crippen molar-refractivity contribution in [2.75, 3.05) is 13.7 Å². The van der Waals surface area contributed by atoms with E-state index in [9.17, 15) is 5.26 Å². The Kier molecular flexibility index (Phi) is 5.29. The van der Waals surface area contributed by atoms with E-state index in [0.29, 0.717) is 29.5 Å². The van der Waals surface area contributed by atoms with Gasteiger partial charge in [-0.25, -0.2) is 4.98 Å². The molecule has 3 aromatic rings. The number of nitrogens with one attached hydrogen (secondary N) is 1. The van der Waals surface area contributed by atoms with Gasteiger partial charge in [0.05, 0.1) is 30.3 Å². The maximum atomic E-state index is 9.64. The number of rotatable bonds is 5.